The molecule has 0 unspecified atom stereocenters. The Morgan fingerprint density at radius 3 is 2.92 bits per heavy atom. The summed E-state index contributed by atoms with van der Waals surface area (Å²) in [6.07, 6.45) is 4.25. The van der Waals surface area contributed by atoms with Crippen molar-refractivity contribution in [2.24, 2.45) is 0 Å². The van der Waals surface area contributed by atoms with Gasteiger partial charge in [0.2, 0.25) is 0 Å². The van der Waals surface area contributed by atoms with E-state index in [0.29, 0.717) is 0 Å². The maximum Gasteiger partial charge on any atom is 0.141 e. The molecular weight excluding hydrogens is 162 g/mol. The molecule has 0 aliphatic heterocycles. The summed E-state index contributed by atoms with van der Waals surface area (Å²) in [4.78, 5) is 11.7. The van der Waals surface area contributed by atoms with Crippen molar-refractivity contribution < 1.29 is 0 Å². The Morgan fingerprint density at radius 1 is 1.38 bits per heavy atom. The van der Waals surface area contributed by atoms with Crippen molar-refractivity contribution >= 4 is 11.0 Å². The van der Waals surface area contributed by atoms with Crippen LogP contribution in [0.2, 0.25) is 0 Å². The molecule has 1 N–H and O–H groups in total. The van der Waals surface area contributed by atoms with Crippen LogP contribution < -0.4 is 0 Å². The number of nitrogens with zero attached hydrogens (tertiary/aromatic N) is 2. The molecule has 0 spiro atoms. The highest BCUT2D eigenvalue weighted by Crippen LogP contribution is 2.40. The number of H-pyrrole nitrogens is 1. The molecule has 1 fully saturated rings. The molecule has 3 heteroatoms. The van der Waals surface area contributed by atoms with Crippen molar-refractivity contribution in [3.63, 3.8) is 0 Å². The first-order valence-electron chi connectivity index (χ1n) is 4.65. The number of fused-ring (bicyclic) bond motifs is 1. The second kappa shape index (κ2) is 2.31. The molecule has 3 nitrogen and oxygen atoms in total. The summed E-state index contributed by atoms with van der Waals surface area (Å²) < 4.78 is 0. The standard InChI is InChI=1S/C10H11N3/c1-6-8-4-9(7-2-3-7)13-10(8)12-5-11-6/h4-5,7H,2-3H2,1H3,(H,11,12,13). The fraction of sp³-hybridized carbons (Fsp3) is 0.400. The van der Waals surface area contributed by atoms with E-state index in [9.17, 15) is 0 Å². The Balaban J connectivity index is 2.26. The minimum atomic E-state index is 0.758. The van der Waals surface area contributed by atoms with Gasteiger partial charge in [0.15, 0.2) is 0 Å². The molecule has 0 aromatic carbocycles. The third-order valence-electron chi connectivity index (χ3n) is 2.66. The number of aromatic nitrogens is 3. The molecule has 1 aliphatic carbocycles. The van der Waals surface area contributed by atoms with Gasteiger partial charge in [-0.2, -0.15) is 0 Å². The summed E-state index contributed by atoms with van der Waals surface area (Å²) in [6.45, 7) is 2.02. The van der Waals surface area contributed by atoms with E-state index in [1.165, 1.54) is 23.9 Å². The van der Waals surface area contributed by atoms with E-state index in [0.717, 1.165) is 17.3 Å². The third-order valence-corrected chi connectivity index (χ3v) is 2.66. The van der Waals surface area contributed by atoms with Crippen LogP contribution in [0.1, 0.15) is 30.1 Å². The van der Waals surface area contributed by atoms with Crippen LogP contribution in [0.5, 0.6) is 0 Å². The lowest BCUT2D eigenvalue weighted by molar-refractivity contribution is 1.05. The zero-order chi connectivity index (χ0) is 8.84. The van der Waals surface area contributed by atoms with Crippen molar-refractivity contribution in [2.75, 3.05) is 0 Å². The van der Waals surface area contributed by atoms with E-state index < -0.39 is 0 Å². The SMILES string of the molecule is Cc1ncnc2[nH]c(C3CC3)cc12. The maximum absolute atomic E-state index is 4.21. The van der Waals surface area contributed by atoms with Crippen LogP contribution in [-0.4, -0.2) is 15.0 Å². The van der Waals surface area contributed by atoms with Gasteiger partial charge in [-0.15, -0.1) is 0 Å². The quantitative estimate of drug-likeness (QED) is 0.717. The van der Waals surface area contributed by atoms with Crippen molar-refractivity contribution in [1.82, 2.24) is 15.0 Å². The number of nitrogens with one attached hydrogen (secondary N) is 1. The molecule has 0 atom stereocenters. The van der Waals surface area contributed by atoms with Crippen molar-refractivity contribution in [2.45, 2.75) is 25.7 Å². The molecular formula is C10H11N3. The Hall–Kier alpha value is -1.38. The van der Waals surface area contributed by atoms with Crippen molar-refractivity contribution in [3.8, 4) is 0 Å². The van der Waals surface area contributed by atoms with Gasteiger partial charge >= 0.3 is 0 Å². The largest absolute Gasteiger partial charge is 0.343 e. The van der Waals surface area contributed by atoms with Crippen molar-refractivity contribution in [1.29, 1.82) is 0 Å². The Bertz CT molecular complexity index is 454. The van der Waals surface area contributed by atoms with E-state index in [-0.39, 0.29) is 0 Å². The van der Waals surface area contributed by atoms with Crippen LogP contribution >= 0.6 is 0 Å². The van der Waals surface area contributed by atoms with Crippen molar-refractivity contribution in [3.05, 3.63) is 23.8 Å². The van der Waals surface area contributed by atoms with Gasteiger partial charge in [0.05, 0.1) is 5.69 Å². The summed E-state index contributed by atoms with van der Waals surface area (Å²) in [5, 5.41) is 1.17. The molecule has 2 heterocycles. The van der Waals surface area contributed by atoms with Crippen LogP contribution in [-0.2, 0) is 0 Å². The lowest BCUT2D eigenvalue weighted by Crippen LogP contribution is -1.83. The molecule has 3 rings (SSSR count). The minimum Gasteiger partial charge on any atom is -0.343 e. The summed E-state index contributed by atoms with van der Waals surface area (Å²) in [6, 6.07) is 2.20. The first kappa shape index (κ1) is 7.06. The van der Waals surface area contributed by atoms with Crippen LogP contribution in [0, 0.1) is 6.92 Å². The number of rotatable bonds is 1. The molecule has 2 aromatic rings. The molecule has 0 saturated heterocycles. The predicted octanol–water partition coefficient (Wildman–Crippen LogP) is 2.14. The number of aromatic amines is 1. The molecule has 0 bridgehead atoms. The van der Waals surface area contributed by atoms with E-state index >= 15 is 0 Å². The van der Waals surface area contributed by atoms with Gasteiger partial charge in [0.1, 0.15) is 12.0 Å². The van der Waals surface area contributed by atoms with Crippen LogP contribution in [0.25, 0.3) is 11.0 Å². The third kappa shape index (κ3) is 1.03. The molecule has 2 aromatic heterocycles. The molecule has 1 aliphatic rings. The monoisotopic (exact) mass is 173 g/mol. The minimum absolute atomic E-state index is 0.758. The van der Waals surface area contributed by atoms with Gasteiger partial charge in [-0.3, -0.25) is 0 Å². The number of aryl methyl sites for hydroxylation is 1. The number of hydrogen-bond donors (Lipinski definition) is 1. The summed E-state index contributed by atoms with van der Waals surface area (Å²) >= 11 is 0. The second-order valence-electron chi connectivity index (χ2n) is 3.72. The lowest BCUT2D eigenvalue weighted by atomic mass is 10.2. The first-order valence-corrected chi connectivity index (χ1v) is 4.65. The Kier molecular flexibility index (Phi) is 1.26. The zero-order valence-electron chi connectivity index (χ0n) is 7.54. The van der Waals surface area contributed by atoms with E-state index in [1.54, 1.807) is 6.33 Å². The summed E-state index contributed by atoms with van der Waals surface area (Å²) in [5.74, 6) is 0.758. The molecule has 0 amide bonds. The van der Waals surface area contributed by atoms with Gasteiger partial charge < -0.3 is 4.98 Å². The first-order chi connectivity index (χ1) is 6.34. The van der Waals surface area contributed by atoms with Gasteiger partial charge in [0, 0.05) is 11.1 Å². The van der Waals surface area contributed by atoms with Crippen LogP contribution in [0.4, 0.5) is 0 Å². The summed E-state index contributed by atoms with van der Waals surface area (Å²) in [7, 11) is 0. The maximum atomic E-state index is 4.21. The van der Waals surface area contributed by atoms with Gasteiger partial charge in [0.25, 0.3) is 0 Å². The van der Waals surface area contributed by atoms with E-state index in [1.807, 2.05) is 6.92 Å². The van der Waals surface area contributed by atoms with Gasteiger partial charge in [-0.25, -0.2) is 9.97 Å². The average molecular weight is 173 g/mol. The topological polar surface area (TPSA) is 41.6 Å². The fourth-order valence-electron chi connectivity index (χ4n) is 1.70. The Labute approximate surface area is 76.2 Å². The lowest BCUT2D eigenvalue weighted by Gasteiger charge is -1.90. The van der Waals surface area contributed by atoms with E-state index in [2.05, 4.69) is 21.0 Å². The Morgan fingerprint density at radius 2 is 2.23 bits per heavy atom. The highest BCUT2D eigenvalue weighted by molar-refractivity contribution is 5.78. The average Bonchev–Trinajstić information content (AvgIpc) is 2.87. The molecule has 13 heavy (non-hydrogen) atoms. The van der Waals surface area contributed by atoms with Crippen LogP contribution in [0.3, 0.4) is 0 Å². The number of hydrogen-bond acceptors (Lipinski definition) is 2. The van der Waals surface area contributed by atoms with Gasteiger partial charge in [-0.1, -0.05) is 0 Å². The van der Waals surface area contributed by atoms with E-state index in [4.69, 9.17) is 0 Å². The highest BCUT2D eigenvalue weighted by Gasteiger charge is 2.25. The highest BCUT2D eigenvalue weighted by atomic mass is 14.9. The normalized spacial score (nSPS) is 16.7. The smallest absolute Gasteiger partial charge is 0.141 e. The predicted molar refractivity (Wildman–Crippen MR) is 50.6 cm³/mol. The second-order valence-corrected chi connectivity index (χ2v) is 3.72. The summed E-state index contributed by atoms with van der Waals surface area (Å²) in [5.41, 5.74) is 3.38. The molecule has 66 valence electrons. The van der Waals surface area contributed by atoms with Gasteiger partial charge in [-0.05, 0) is 31.7 Å². The zero-order valence-corrected chi connectivity index (χ0v) is 7.54. The molecule has 0 radical (unpaired) electrons. The molecule has 1 saturated carbocycles. The van der Waals surface area contributed by atoms with Crippen LogP contribution in [0.15, 0.2) is 12.4 Å². The fourth-order valence-corrected chi connectivity index (χ4v) is 1.70.